The molecule has 1 aliphatic rings. The van der Waals surface area contributed by atoms with E-state index in [1.807, 2.05) is 67.4 Å². The maximum Gasteiger partial charge on any atom is 0.223 e. The van der Waals surface area contributed by atoms with Gasteiger partial charge in [0.05, 0.1) is 17.1 Å². The number of hydrogen-bond donors (Lipinski definition) is 0. The van der Waals surface area contributed by atoms with Crippen molar-refractivity contribution in [2.24, 2.45) is 13.0 Å². The van der Waals surface area contributed by atoms with Gasteiger partial charge in [0.25, 0.3) is 0 Å². The zero-order chi connectivity index (χ0) is 21.1. The highest BCUT2D eigenvalue weighted by atomic mass is 35.5. The van der Waals surface area contributed by atoms with Crippen molar-refractivity contribution in [3.8, 4) is 22.9 Å². The minimum atomic E-state index is 0.147. The monoisotopic (exact) mass is 423 g/mol. The average molecular weight is 424 g/mol. The predicted octanol–water partition coefficient (Wildman–Crippen LogP) is 5.68. The van der Waals surface area contributed by atoms with Gasteiger partial charge in [-0.25, -0.2) is 4.68 Å². The van der Waals surface area contributed by atoms with Crippen LogP contribution in [0.3, 0.4) is 0 Å². The molecule has 2 aromatic carbocycles. The second-order valence-corrected chi connectivity index (χ2v) is 8.13. The van der Waals surface area contributed by atoms with Crippen molar-refractivity contribution in [1.29, 1.82) is 0 Å². The normalized spacial score (nSPS) is 13.3. The Morgan fingerprint density at radius 3 is 2.53 bits per heavy atom. The lowest BCUT2D eigenvalue weighted by molar-refractivity contribution is -0.131. The molecule has 1 fully saturated rings. The summed E-state index contributed by atoms with van der Waals surface area (Å²) in [5.41, 5.74) is 2.71. The number of carbonyl (C=O) groups excluding carboxylic acids is 1. The zero-order valence-electron chi connectivity index (χ0n) is 17.3. The van der Waals surface area contributed by atoms with Gasteiger partial charge < -0.3 is 9.64 Å². The molecule has 1 heterocycles. The molecule has 3 aromatic rings. The lowest BCUT2D eigenvalue weighted by Gasteiger charge is -2.23. The molecule has 1 aliphatic carbocycles. The summed E-state index contributed by atoms with van der Waals surface area (Å²) in [5.74, 6) is 1.92. The summed E-state index contributed by atoms with van der Waals surface area (Å²) in [7, 11) is 1.86. The van der Waals surface area contributed by atoms with E-state index < -0.39 is 0 Å². The summed E-state index contributed by atoms with van der Waals surface area (Å²) < 4.78 is 7.97. The van der Waals surface area contributed by atoms with Crippen LogP contribution >= 0.6 is 11.6 Å². The van der Waals surface area contributed by atoms with E-state index >= 15 is 0 Å². The minimum Gasteiger partial charge on any atom is -0.437 e. The number of carbonyl (C=O) groups is 1. The Bertz CT molecular complexity index is 1030. The summed E-state index contributed by atoms with van der Waals surface area (Å²) in [6.07, 6.45) is 2.86. The highest BCUT2D eigenvalue weighted by molar-refractivity contribution is 6.32. The summed E-state index contributed by atoms with van der Waals surface area (Å²) >= 11 is 6.34. The average Bonchev–Trinajstić information content (AvgIpc) is 3.53. The molecule has 5 nitrogen and oxygen atoms in total. The fourth-order valence-electron chi connectivity index (χ4n) is 3.56. The maximum absolute atomic E-state index is 12.7. The van der Waals surface area contributed by atoms with Crippen LogP contribution in [0.15, 0.2) is 54.6 Å². The molecule has 6 heteroatoms. The molecule has 0 bridgehead atoms. The topological polar surface area (TPSA) is 47.4 Å². The molecule has 0 spiro atoms. The van der Waals surface area contributed by atoms with Gasteiger partial charge in [0.1, 0.15) is 11.4 Å². The first-order chi connectivity index (χ1) is 14.6. The Labute approximate surface area is 182 Å². The lowest BCUT2D eigenvalue weighted by atomic mass is 10.1. The Balaban J connectivity index is 1.76. The molecule has 156 valence electrons. The summed E-state index contributed by atoms with van der Waals surface area (Å²) in [6, 6.07) is 17.4. The molecule has 30 heavy (non-hydrogen) atoms. The van der Waals surface area contributed by atoms with Crippen LogP contribution in [0.5, 0.6) is 11.6 Å². The first-order valence-electron chi connectivity index (χ1n) is 10.4. The molecule has 1 amide bonds. The predicted molar refractivity (Wildman–Crippen MR) is 119 cm³/mol. The van der Waals surface area contributed by atoms with E-state index in [4.69, 9.17) is 21.4 Å². The van der Waals surface area contributed by atoms with Crippen molar-refractivity contribution in [3.05, 3.63) is 65.2 Å². The van der Waals surface area contributed by atoms with Crippen molar-refractivity contribution in [2.45, 2.75) is 32.7 Å². The number of benzene rings is 2. The molecule has 0 atom stereocenters. The number of aryl methyl sites for hydroxylation is 1. The first-order valence-corrected chi connectivity index (χ1v) is 10.8. The Morgan fingerprint density at radius 1 is 1.17 bits per heavy atom. The Hall–Kier alpha value is -2.79. The van der Waals surface area contributed by atoms with Crippen molar-refractivity contribution in [3.63, 3.8) is 0 Å². The number of nitrogens with zero attached hydrogens (tertiary/aromatic N) is 3. The van der Waals surface area contributed by atoms with Gasteiger partial charge in [-0.15, -0.1) is 0 Å². The highest BCUT2D eigenvalue weighted by Crippen LogP contribution is 2.37. The SMILES string of the molecule is CCC(=O)N(Cc1c(-c2ccccc2)nn(C)c1Oc1ccccc1Cl)CC1CC1. The standard InChI is InChI=1S/C24H26ClN3O2/c1-3-22(29)28(15-17-13-14-17)16-19-23(18-9-5-4-6-10-18)26-27(2)24(19)30-21-12-8-7-11-20(21)25/h4-12,17H,3,13-16H2,1-2H3. The number of hydrogen-bond acceptors (Lipinski definition) is 3. The van der Waals surface area contributed by atoms with Crippen LogP contribution in [0.4, 0.5) is 0 Å². The molecule has 1 aromatic heterocycles. The smallest absolute Gasteiger partial charge is 0.223 e. The summed E-state index contributed by atoms with van der Waals surface area (Å²) in [4.78, 5) is 14.6. The van der Waals surface area contributed by atoms with Crippen LogP contribution < -0.4 is 4.74 Å². The summed E-state index contributed by atoms with van der Waals surface area (Å²) in [6.45, 7) is 3.15. The Kier molecular flexibility index (Phi) is 6.09. The number of amides is 1. The third-order valence-corrected chi connectivity index (χ3v) is 5.67. The van der Waals surface area contributed by atoms with E-state index in [1.165, 1.54) is 12.8 Å². The lowest BCUT2D eigenvalue weighted by Crippen LogP contribution is -2.32. The van der Waals surface area contributed by atoms with Crippen molar-refractivity contribution >= 4 is 17.5 Å². The van der Waals surface area contributed by atoms with Gasteiger partial charge in [0, 0.05) is 25.6 Å². The Morgan fingerprint density at radius 2 is 1.87 bits per heavy atom. The third-order valence-electron chi connectivity index (χ3n) is 5.36. The van der Waals surface area contributed by atoms with E-state index in [2.05, 4.69) is 0 Å². The highest BCUT2D eigenvalue weighted by Gasteiger charge is 2.29. The number of rotatable bonds is 8. The molecular formula is C24H26ClN3O2. The van der Waals surface area contributed by atoms with Crippen LogP contribution in [0.25, 0.3) is 11.3 Å². The molecule has 0 unspecified atom stereocenters. The number of halogens is 1. The van der Waals surface area contributed by atoms with Gasteiger partial charge >= 0.3 is 0 Å². The molecule has 0 radical (unpaired) electrons. The van der Waals surface area contributed by atoms with Crippen LogP contribution in [-0.2, 0) is 18.4 Å². The van der Waals surface area contributed by atoms with Crippen LogP contribution in [0.2, 0.25) is 5.02 Å². The van der Waals surface area contributed by atoms with E-state index in [-0.39, 0.29) is 5.91 Å². The second-order valence-electron chi connectivity index (χ2n) is 7.73. The third kappa shape index (κ3) is 4.51. The zero-order valence-corrected chi connectivity index (χ0v) is 18.1. The molecule has 4 rings (SSSR count). The molecule has 0 aliphatic heterocycles. The van der Waals surface area contributed by atoms with Gasteiger partial charge in [-0.3, -0.25) is 4.79 Å². The minimum absolute atomic E-state index is 0.147. The van der Waals surface area contributed by atoms with Gasteiger partial charge in [-0.1, -0.05) is 61.0 Å². The number of aromatic nitrogens is 2. The van der Waals surface area contributed by atoms with Gasteiger partial charge in [0.15, 0.2) is 0 Å². The van der Waals surface area contributed by atoms with E-state index in [1.54, 1.807) is 10.7 Å². The van der Waals surface area contributed by atoms with E-state index in [9.17, 15) is 4.79 Å². The van der Waals surface area contributed by atoms with Crippen molar-refractivity contribution in [1.82, 2.24) is 14.7 Å². The fourth-order valence-corrected chi connectivity index (χ4v) is 3.74. The molecule has 1 saturated carbocycles. The van der Waals surface area contributed by atoms with E-state index in [0.717, 1.165) is 23.4 Å². The number of para-hydroxylation sites is 1. The largest absolute Gasteiger partial charge is 0.437 e. The molecule has 0 N–H and O–H groups in total. The van der Waals surface area contributed by atoms with Gasteiger partial charge in [-0.05, 0) is 30.9 Å². The molecular weight excluding hydrogens is 398 g/mol. The van der Waals surface area contributed by atoms with Crippen molar-refractivity contribution < 1.29 is 9.53 Å². The van der Waals surface area contributed by atoms with Crippen LogP contribution in [-0.4, -0.2) is 27.1 Å². The number of ether oxygens (including phenoxy) is 1. The summed E-state index contributed by atoms with van der Waals surface area (Å²) in [5, 5.41) is 5.28. The first kappa shape index (κ1) is 20.5. The van der Waals surface area contributed by atoms with Crippen LogP contribution in [0.1, 0.15) is 31.7 Å². The maximum atomic E-state index is 12.7. The van der Waals surface area contributed by atoms with Gasteiger partial charge in [0.2, 0.25) is 11.8 Å². The van der Waals surface area contributed by atoms with Gasteiger partial charge in [-0.2, -0.15) is 5.10 Å². The second kappa shape index (κ2) is 8.92. The van der Waals surface area contributed by atoms with Crippen molar-refractivity contribution in [2.75, 3.05) is 6.54 Å². The van der Waals surface area contributed by atoms with E-state index in [0.29, 0.717) is 35.5 Å². The molecule has 0 saturated heterocycles. The quantitative estimate of drug-likeness (QED) is 0.468. The van der Waals surface area contributed by atoms with Crippen LogP contribution in [0, 0.1) is 5.92 Å². The fraction of sp³-hybridized carbons (Fsp3) is 0.333.